The van der Waals surface area contributed by atoms with E-state index in [1.165, 1.54) is 27.7 Å². The Morgan fingerprint density at radius 2 is 1.02 bits per heavy atom. The average molecular weight is 1250 g/mol. The van der Waals surface area contributed by atoms with Crippen LogP contribution in [-0.2, 0) is 70.1 Å². The number of hydrogen-bond acceptors (Lipinski definition) is 14. The largest absolute Gasteiger partial charge is 0.488 e. The molecule has 4 aromatic rings. The summed E-state index contributed by atoms with van der Waals surface area (Å²) in [6, 6.07) is 24.1. The molecule has 1 aliphatic carbocycles. The molecule has 4 aromatic carbocycles. The van der Waals surface area contributed by atoms with Gasteiger partial charge in [-0.2, -0.15) is 0 Å². The third kappa shape index (κ3) is 23.2. The monoisotopic (exact) mass is 1250 g/mol. The number of amides is 7. The Labute approximate surface area is 528 Å². The standard InChI is InChI=1S/C68H93N7O15/c1-40(87-64(3,4)5)55(60(81)70-51(36-42-24-18-17-19-25-42)58(79)74-56(61(82)83)41(2)88-65(6,7)8)73-53(76)38-69-57(78)50(34-35-54(77)90-67(12,13)14)71-62(84)68(15,16)75-59(80)52(37-43-30-32-44(33-31-43)89-66(9,10)11)72-63(85)86-39-49-47-28-22-20-26-45(47)46-27-21-23-29-48(46)49/h17-33,40-41,49-52,55-56H,34-39H2,1-16H3,(H,69,78)(H,70,81)(H,71,84)(H,72,85)(H,73,76)(H,74,79)(H,75,80)(H,82,83)/t40-,41-,50+,51+,52+,55+,56+/m1/s1. The quantitative estimate of drug-likeness (QED) is 0.0263. The Morgan fingerprint density at radius 3 is 1.54 bits per heavy atom. The lowest BCUT2D eigenvalue weighted by atomic mass is 9.98. The van der Waals surface area contributed by atoms with E-state index in [0.29, 0.717) is 16.9 Å². The molecule has 7 amide bonds. The second-order valence-electron chi connectivity index (χ2n) is 27.1. The van der Waals surface area contributed by atoms with Crippen LogP contribution in [0.25, 0.3) is 11.1 Å². The van der Waals surface area contributed by atoms with Crippen LogP contribution < -0.4 is 42.0 Å². The van der Waals surface area contributed by atoms with E-state index in [1.54, 1.807) is 117 Å². The van der Waals surface area contributed by atoms with Crippen LogP contribution in [0.3, 0.4) is 0 Å². The van der Waals surface area contributed by atoms with Crippen LogP contribution >= 0.6 is 0 Å². The first kappa shape index (κ1) is 72.4. The number of aliphatic carboxylic acids is 1. The molecule has 22 nitrogen and oxygen atoms in total. The molecule has 1 aliphatic rings. The van der Waals surface area contributed by atoms with Gasteiger partial charge in [-0.25, -0.2) is 9.59 Å². The highest BCUT2D eigenvalue weighted by atomic mass is 16.6. The number of ether oxygens (including phenoxy) is 5. The van der Waals surface area contributed by atoms with Gasteiger partial charge in [-0.1, -0.05) is 91.0 Å². The van der Waals surface area contributed by atoms with Gasteiger partial charge in [0.1, 0.15) is 53.3 Å². The topological polar surface area (TPSA) is 304 Å². The van der Waals surface area contributed by atoms with Crippen LogP contribution in [0, 0.1) is 0 Å². The van der Waals surface area contributed by atoms with Gasteiger partial charge in [0.05, 0.1) is 30.0 Å². The number of benzene rings is 4. The van der Waals surface area contributed by atoms with Crippen molar-refractivity contribution in [2.45, 2.75) is 213 Å². The molecule has 0 aromatic heterocycles. The number of carbonyl (C=O) groups is 9. The Morgan fingerprint density at radius 1 is 0.511 bits per heavy atom. The van der Waals surface area contributed by atoms with Gasteiger partial charge in [0.2, 0.25) is 35.4 Å². The Balaban J connectivity index is 1.35. The van der Waals surface area contributed by atoms with Crippen LogP contribution in [0.15, 0.2) is 103 Å². The van der Waals surface area contributed by atoms with E-state index >= 15 is 0 Å². The summed E-state index contributed by atoms with van der Waals surface area (Å²) in [6.45, 7) is 26.0. The predicted octanol–water partition coefficient (Wildman–Crippen LogP) is 7.12. The van der Waals surface area contributed by atoms with E-state index in [0.717, 1.165) is 22.3 Å². The van der Waals surface area contributed by atoms with Crippen molar-refractivity contribution in [3.63, 3.8) is 0 Å². The molecule has 0 fully saturated rings. The van der Waals surface area contributed by atoms with Crippen molar-refractivity contribution >= 4 is 53.5 Å². The fourth-order valence-electron chi connectivity index (χ4n) is 10.1. The number of alkyl carbamates (subject to hydrolysis) is 1. The van der Waals surface area contributed by atoms with E-state index < -0.39 is 130 Å². The average Bonchev–Trinajstić information content (AvgIpc) is 1.64. The van der Waals surface area contributed by atoms with Crippen molar-refractivity contribution < 1.29 is 71.9 Å². The SMILES string of the molecule is C[C@@H](OC(C)(C)C)[C@H](NC(=O)[C@H](Cc1ccccc1)NC(=O)[C@@H](NC(=O)CNC(=O)[C@H](CCC(=O)OC(C)(C)C)NC(=O)C(C)(C)NC(=O)[C@H](Cc1ccc(OC(C)(C)C)cc1)NC(=O)OCC1c2ccccc2-c2ccccc21)[C@@H](C)OC(C)(C)C)C(=O)O. The minimum atomic E-state index is -1.81. The summed E-state index contributed by atoms with van der Waals surface area (Å²) in [6.07, 6.45) is -3.83. The number of carbonyl (C=O) groups excluding carboxylic acids is 8. The fraction of sp³-hybridized carbons (Fsp3) is 0.515. The molecule has 90 heavy (non-hydrogen) atoms. The highest BCUT2D eigenvalue weighted by molar-refractivity contribution is 5.98. The Kier molecular flexibility index (Phi) is 24.8. The number of rotatable bonds is 28. The third-order valence-electron chi connectivity index (χ3n) is 13.9. The normalized spacial score (nSPS) is 14.9. The van der Waals surface area contributed by atoms with Crippen LogP contribution in [0.2, 0.25) is 0 Å². The minimum absolute atomic E-state index is 0.0435. The van der Waals surface area contributed by atoms with Gasteiger partial charge < -0.3 is 66.0 Å². The first-order valence-corrected chi connectivity index (χ1v) is 30.3. The number of hydrogen-bond donors (Lipinski definition) is 8. The Hall–Kier alpha value is -8.37. The number of carboxylic acids is 1. The smallest absolute Gasteiger partial charge is 0.407 e. The summed E-state index contributed by atoms with van der Waals surface area (Å²) in [7, 11) is 0. The lowest BCUT2D eigenvalue weighted by Gasteiger charge is -2.32. The first-order chi connectivity index (χ1) is 41.8. The summed E-state index contributed by atoms with van der Waals surface area (Å²) < 4.78 is 29.3. The van der Waals surface area contributed by atoms with Gasteiger partial charge in [0.25, 0.3) is 0 Å². The molecule has 0 bridgehead atoms. The highest BCUT2D eigenvalue weighted by Gasteiger charge is 2.39. The molecule has 490 valence electrons. The number of nitrogens with one attached hydrogen (secondary N) is 7. The molecule has 5 rings (SSSR count). The van der Waals surface area contributed by atoms with Crippen molar-refractivity contribution in [2.24, 2.45) is 0 Å². The lowest BCUT2D eigenvalue weighted by Crippen LogP contribution is -2.62. The van der Waals surface area contributed by atoms with Gasteiger partial charge in [-0.15, -0.1) is 0 Å². The molecular weight excluding hydrogens is 1150 g/mol. The fourth-order valence-corrected chi connectivity index (χ4v) is 10.1. The molecular formula is C68H93N7O15. The van der Waals surface area contributed by atoms with Crippen molar-refractivity contribution in [2.75, 3.05) is 13.2 Å². The zero-order valence-corrected chi connectivity index (χ0v) is 54.8. The van der Waals surface area contributed by atoms with Gasteiger partial charge in [-0.05, 0) is 163 Å². The second-order valence-corrected chi connectivity index (χ2v) is 27.1. The zero-order valence-electron chi connectivity index (χ0n) is 54.8. The molecule has 0 aliphatic heterocycles. The van der Waals surface area contributed by atoms with Crippen molar-refractivity contribution in [1.29, 1.82) is 0 Å². The summed E-state index contributed by atoms with van der Waals surface area (Å²) in [5.74, 6) is -7.05. The van der Waals surface area contributed by atoms with Crippen molar-refractivity contribution in [3.8, 4) is 16.9 Å². The molecule has 22 heteroatoms. The molecule has 0 saturated carbocycles. The van der Waals surface area contributed by atoms with Crippen molar-refractivity contribution in [3.05, 3.63) is 125 Å². The lowest BCUT2D eigenvalue weighted by molar-refractivity contribution is -0.155. The van der Waals surface area contributed by atoms with E-state index in [2.05, 4.69) is 37.2 Å². The summed E-state index contributed by atoms with van der Waals surface area (Å²) >= 11 is 0. The van der Waals surface area contributed by atoms with Gasteiger partial charge in [0, 0.05) is 25.2 Å². The number of esters is 1. The third-order valence-corrected chi connectivity index (χ3v) is 13.9. The van der Waals surface area contributed by atoms with Gasteiger partial charge in [-0.3, -0.25) is 33.6 Å². The highest BCUT2D eigenvalue weighted by Crippen LogP contribution is 2.44. The minimum Gasteiger partial charge on any atom is -0.488 e. The zero-order chi connectivity index (χ0) is 67.1. The molecule has 0 saturated heterocycles. The van der Waals surface area contributed by atoms with Crippen molar-refractivity contribution in [1.82, 2.24) is 37.2 Å². The summed E-state index contributed by atoms with van der Waals surface area (Å²) in [4.78, 5) is 125. The molecule has 0 spiro atoms. The maximum Gasteiger partial charge on any atom is 0.407 e. The van der Waals surface area contributed by atoms with Gasteiger partial charge >= 0.3 is 18.0 Å². The van der Waals surface area contributed by atoms with Crippen LogP contribution in [0.5, 0.6) is 5.75 Å². The summed E-state index contributed by atoms with van der Waals surface area (Å²) in [5.41, 5.74) is 0.425. The Bertz CT molecular complexity index is 3110. The molecule has 0 unspecified atom stereocenters. The van der Waals surface area contributed by atoms with Gasteiger partial charge in [0.15, 0.2) is 6.04 Å². The molecule has 8 N–H and O–H groups in total. The number of carboxylic acid groups (broad SMARTS) is 1. The van der Waals surface area contributed by atoms with E-state index in [9.17, 15) is 48.3 Å². The predicted molar refractivity (Wildman–Crippen MR) is 339 cm³/mol. The maximum absolute atomic E-state index is 14.5. The maximum atomic E-state index is 14.5. The summed E-state index contributed by atoms with van der Waals surface area (Å²) in [5, 5.41) is 28.5. The van der Waals surface area contributed by atoms with E-state index in [4.69, 9.17) is 23.7 Å². The van der Waals surface area contributed by atoms with Crippen LogP contribution in [0.1, 0.15) is 152 Å². The molecule has 0 radical (unpaired) electrons. The second kappa shape index (κ2) is 30.9. The van der Waals surface area contributed by atoms with Crippen LogP contribution in [-0.4, -0.2) is 142 Å². The van der Waals surface area contributed by atoms with E-state index in [1.807, 2.05) is 69.3 Å². The van der Waals surface area contributed by atoms with E-state index in [-0.39, 0.29) is 38.2 Å². The molecule has 7 atom stereocenters. The van der Waals surface area contributed by atoms with Crippen LogP contribution in [0.4, 0.5) is 4.79 Å². The molecule has 0 heterocycles. The number of fused-ring (bicyclic) bond motifs is 3. The first-order valence-electron chi connectivity index (χ1n) is 30.3.